The van der Waals surface area contributed by atoms with Gasteiger partial charge in [-0.1, -0.05) is 0 Å². The smallest absolute Gasteiger partial charge is 0.407 e. The van der Waals surface area contributed by atoms with Crippen LogP contribution in [0.2, 0.25) is 0 Å². The van der Waals surface area contributed by atoms with E-state index in [9.17, 15) is 19.6 Å². The number of rotatable bonds is 6. The monoisotopic (exact) mass is 358 g/mol. The molecule has 2 aliphatic rings. The molecule has 2 rings (SSSR count). The number of piperidine rings is 1. The van der Waals surface area contributed by atoms with Crippen molar-refractivity contribution in [1.82, 2.24) is 20.8 Å². The van der Waals surface area contributed by atoms with Crippen LogP contribution in [0.25, 0.3) is 0 Å². The van der Waals surface area contributed by atoms with Crippen molar-refractivity contribution in [1.29, 1.82) is 0 Å². The van der Waals surface area contributed by atoms with Crippen molar-refractivity contribution in [3.8, 4) is 0 Å². The second-order valence-corrected chi connectivity index (χ2v) is 7.12. The van der Waals surface area contributed by atoms with Gasteiger partial charge in [-0.2, -0.15) is 0 Å². The molecule has 0 spiro atoms. The van der Waals surface area contributed by atoms with E-state index in [1.165, 1.54) is 4.90 Å². The third-order valence-corrected chi connectivity index (χ3v) is 3.91. The highest BCUT2D eigenvalue weighted by molar-refractivity contribution is 5.87. The third kappa shape index (κ3) is 5.20. The minimum atomic E-state index is -0.638. The maximum Gasteiger partial charge on any atom is 0.407 e. The van der Waals surface area contributed by atoms with Gasteiger partial charge in [0.25, 0.3) is 5.91 Å². The molecule has 0 aromatic heterocycles. The van der Waals surface area contributed by atoms with Gasteiger partial charge in [-0.25, -0.2) is 20.1 Å². The van der Waals surface area contributed by atoms with Gasteiger partial charge in [0.15, 0.2) is 0 Å². The number of carbonyl (C=O) groups is 3. The zero-order valence-corrected chi connectivity index (χ0v) is 14.8. The van der Waals surface area contributed by atoms with Gasteiger partial charge in [0.1, 0.15) is 11.6 Å². The first-order chi connectivity index (χ1) is 11.7. The quantitative estimate of drug-likeness (QED) is 0.363. The Morgan fingerprint density at radius 3 is 2.72 bits per heavy atom. The average molecular weight is 358 g/mol. The number of ether oxygens (including phenoxy) is 1. The van der Waals surface area contributed by atoms with Crippen molar-refractivity contribution >= 4 is 18.0 Å². The van der Waals surface area contributed by atoms with E-state index in [1.807, 2.05) is 0 Å². The Balaban J connectivity index is 1.60. The molecule has 10 nitrogen and oxygen atoms in total. The summed E-state index contributed by atoms with van der Waals surface area (Å²) in [6.07, 6.45) is 1.02. The second kappa shape index (κ2) is 7.87. The molecule has 2 fully saturated rings. The molecule has 142 valence electrons. The Morgan fingerprint density at radius 1 is 1.32 bits per heavy atom. The fraction of sp³-hybridized carbons (Fsp3) is 0.800. The largest absolute Gasteiger partial charge is 0.444 e. The van der Waals surface area contributed by atoms with Crippen LogP contribution in [0.15, 0.2) is 0 Å². The van der Waals surface area contributed by atoms with Crippen molar-refractivity contribution in [3.05, 3.63) is 0 Å². The maximum atomic E-state index is 12.1. The molecule has 3 N–H and O–H groups in total. The van der Waals surface area contributed by atoms with Crippen molar-refractivity contribution in [3.63, 3.8) is 0 Å². The Hall–Kier alpha value is -2.07. The Morgan fingerprint density at radius 2 is 2.04 bits per heavy atom. The molecule has 4 amide bonds. The third-order valence-electron chi connectivity index (χ3n) is 3.91. The SMILES string of the molecule is CC(C)(C)OC(=O)NCCCONC(=O)[C@@H]1CC[C@H]2CN1C(=O)N2O. The molecule has 10 heteroatoms. The molecule has 0 aromatic carbocycles. The van der Waals surface area contributed by atoms with E-state index in [2.05, 4.69) is 10.8 Å². The van der Waals surface area contributed by atoms with Crippen LogP contribution in [0.4, 0.5) is 9.59 Å². The molecule has 2 atom stereocenters. The number of nitrogens with one attached hydrogen (secondary N) is 2. The van der Waals surface area contributed by atoms with E-state index in [0.29, 0.717) is 37.4 Å². The number of urea groups is 1. The lowest BCUT2D eigenvalue weighted by Gasteiger charge is -2.28. The molecule has 2 heterocycles. The van der Waals surface area contributed by atoms with E-state index in [4.69, 9.17) is 9.57 Å². The predicted molar refractivity (Wildman–Crippen MR) is 85.5 cm³/mol. The van der Waals surface area contributed by atoms with Crippen molar-refractivity contribution in [2.24, 2.45) is 0 Å². The lowest BCUT2D eigenvalue weighted by molar-refractivity contribution is -0.138. The fourth-order valence-electron chi connectivity index (χ4n) is 2.76. The van der Waals surface area contributed by atoms with Crippen LogP contribution in [0.5, 0.6) is 0 Å². The Kier molecular flexibility index (Phi) is 6.07. The van der Waals surface area contributed by atoms with Gasteiger partial charge in [0.05, 0.1) is 12.6 Å². The normalized spacial score (nSPS) is 22.8. The summed E-state index contributed by atoms with van der Waals surface area (Å²) in [6.45, 7) is 6.23. The zero-order chi connectivity index (χ0) is 18.6. The molecule has 0 saturated carbocycles. The number of amides is 4. The van der Waals surface area contributed by atoms with Crippen LogP contribution in [-0.2, 0) is 14.4 Å². The van der Waals surface area contributed by atoms with Crippen LogP contribution in [0.3, 0.4) is 0 Å². The first-order valence-corrected chi connectivity index (χ1v) is 8.36. The molecule has 0 unspecified atom stereocenters. The Labute approximate surface area is 146 Å². The minimum Gasteiger partial charge on any atom is -0.444 e. The van der Waals surface area contributed by atoms with E-state index in [1.54, 1.807) is 20.8 Å². The zero-order valence-electron chi connectivity index (χ0n) is 14.8. The molecule has 0 radical (unpaired) electrons. The van der Waals surface area contributed by atoms with E-state index >= 15 is 0 Å². The highest BCUT2D eigenvalue weighted by Crippen LogP contribution is 2.28. The van der Waals surface area contributed by atoms with Crippen molar-refractivity contribution < 1.29 is 29.2 Å². The lowest BCUT2D eigenvalue weighted by atomic mass is 10.0. The number of carbonyl (C=O) groups excluding carboxylic acids is 3. The molecule has 2 saturated heterocycles. The number of hydrogen-bond donors (Lipinski definition) is 3. The summed E-state index contributed by atoms with van der Waals surface area (Å²) >= 11 is 0. The summed E-state index contributed by atoms with van der Waals surface area (Å²) in [5, 5.41) is 12.9. The highest BCUT2D eigenvalue weighted by Gasteiger charge is 2.46. The summed E-state index contributed by atoms with van der Waals surface area (Å²) in [5.41, 5.74) is 1.77. The lowest BCUT2D eigenvalue weighted by Crippen LogP contribution is -2.49. The molecular weight excluding hydrogens is 332 g/mol. The number of hydrogen-bond acceptors (Lipinski definition) is 6. The summed E-state index contributed by atoms with van der Waals surface area (Å²) in [5.74, 6) is -0.415. The summed E-state index contributed by atoms with van der Waals surface area (Å²) < 4.78 is 5.09. The number of alkyl carbamates (subject to hydrolysis) is 1. The average Bonchev–Trinajstić information content (AvgIpc) is 2.73. The summed E-state index contributed by atoms with van der Waals surface area (Å²) in [7, 11) is 0. The molecule has 2 aliphatic heterocycles. The van der Waals surface area contributed by atoms with Crippen LogP contribution in [0.1, 0.15) is 40.0 Å². The van der Waals surface area contributed by atoms with Gasteiger partial charge in [-0.15, -0.1) is 0 Å². The van der Waals surface area contributed by atoms with Gasteiger partial charge >= 0.3 is 12.1 Å². The van der Waals surface area contributed by atoms with Gasteiger partial charge in [0.2, 0.25) is 0 Å². The Bertz CT molecular complexity index is 521. The first-order valence-electron chi connectivity index (χ1n) is 8.36. The molecule has 25 heavy (non-hydrogen) atoms. The number of fused-ring (bicyclic) bond motifs is 2. The van der Waals surface area contributed by atoms with Crippen LogP contribution < -0.4 is 10.8 Å². The van der Waals surface area contributed by atoms with Crippen LogP contribution in [-0.4, -0.2) is 70.6 Å². The highest BCUT2D eigenvalue weighted by atomic mass is 16.7. The van der Waals surface area contributed by atoms with Gasteiger partial charge in [0, 0.05) is 13.1 Å². The first kappa shape index (κ1) is 19.3. The number of nitrogens with zero attached hydrogens (tertiary/aromatic N) is 2. The number of hydroxylamine groups is 3. The van der Waals surface area contributed by atoms with E-state index < -0.39 is 29.7 Å². The summed E-state index contributed by atoms with van der Waals surface area (Å²) in [6, 6.07) is -1.43. The molecule has 0 aliphatic carbocycles. The van der Waals surface area contributed by atoms with Gasteiger partial charge < -0.3 is 15.0 Å². The predicted octanol–water partition coefficient (Wildman–Crippen LogP) is 0.607. The topological polar surface area (TPSA) is 120 Å². The molecular formula is C15H26N4O6. The van der Waals surface area contributed by atoms with Crippen molar-refractivity contribution in [2.75, 3.05) is 19.7 Å². The summed E-state index contributed by atoms with van der Waals surface area (Å²) in [4.78, 5) is 41.8. The van der Waals surface area contributed by atoms with E-state index in [-0.39, 0.29) is 12.6 Å². The molecule has 0 aromatic rings. The van der Waals surface area contributed by atoms with Gasteiger partial charge in [-0.3, -0.25) is 14.8 Å². The maximum absolute atomic E-state index is 12.1. The van der Waals surface area contributed by atoms with Gasteiger partial charge in [-0.05, 0) is 40.0 Å². The van der Waals surface area contributed by atoms with Crippen LogP contribution in [0, 0.1) is 0 Å². The standard InChI is InChI=1S/C15H26N4O6/c1-15(2,3)25-13(21)16-7-4-8-24-17-12(20)11-6-5-10-9-18(11)14(22)19(10)23/h10-11,23H,4-9H2,1-3H3,(H,16,21)(H,17,20)/t10-,11-/m0/s1. The minimum absolute atomic E-state index is 0.205. The van der Waals surface area contributed by atoms with Crippen LogP contribution >= 0.6 is 0 Å². The van der Waals surface area contributed by atoms with Crippen molar-refractivity contribution in [2.45, 2.75) is 57.7 Å². The fourth-order valence-corrected chi connectivity index (χ4v) is 2.76. The molecule has 2 bridgehead atoms. The second-order valence-electron chi connectivity index (χ2n) is 7.12. The van der Waals surface area contributed by atoms with E-state index in [0.717, 1.165) is 0 Å².